The Kier molecular flexibility index (Phi) is 5.24. The van der Waals surface area contributed by atoms with Gasteiger partial charge in [-0.15, -0.1) is 0 Å². The molecule has 1 aliphatic heterocycles. The fourth-order valence-corrected chi connectivity index (χ4v) is 1.98. The van der Waals surface area contributed by atoms with Crippen molar-refractivity contribution in [1.29, 1.82) is 0 Å². The second-order valence-corrected chi connectivity index (χ2v) is 4.87. The van der Waals surface area contributed by atoms with Crippen LogP contribution in [0.25, 0.3) is 0 Å². The van der Waals surface area contributed by atoms with Gasteiger partial charge in [0.2, 0.25) is 0 Å². The summed E-state index contributed by atoms with van der Waals surface area (Å²) in [7, 11) is 1.65. The van der Waals surface area contributed by atoms with Crippen molar-refractivity contribution in [2.75, 3.05) is 26.9 Å². The third-order valence-electron chi connectivity index (χ3n) is 3.14. The first-order valence-electron chi connectivity index (χ1n) is 6.90. The summed E-state index contributed by atoms with van der Waals surface area (Å²) in [6.07, 6.45) is 1.64. The zero-order valence-corrected chi connectivity index (χ0v) is 12.0. The highest BCUT2D eigenvalue weighted by atomic mass is 16.5. The molecule has 0 saturated heterocycles. The van der Waals surface area contributed by atoms with Crippen molar-refractivity contribution in [3.63, 3.8) is 0 Å². The van der Waals surface area contributed by atoms with Gasteiger partial charge >= 0.3 is 0 Å². The summed E-state index contributed by atoms with van der Waals surface area (Å²) < 4.78 is 16.1. The van der Waals surface area contributed by atoms with Crippen molar-refractivity contribution in [3.05, 3.63) is 23.8 Å². The molecule has 0 bridgehead atoms. The summed E-state index contributed by atoms with van der Waals surface area (Å²) in [6.45, 7) is 3.84. The highest BCUT2D eigenvalue weighted by Crippen LogP contribution is 2.30. The molecule has 0 unspecified atom stereocenters. The molecule has 0 aliphatic carbocycles. The number of methoxy groups -OCH3 is 1. The molecule has 0 spiro atoms. The Labute approximate surface area is 119 Å². The van der Waals surface area contributed by atoms with Gasteiger partial charge in [0, 0.05) is 31.7 Å². The number of fused-ring (bicyclic) bond motifs is 1. The molecule has 20 heavy (non-hydrogen) atoms. The van der Waals surface area contributed by atoms with Crippen molar-refractivity contribution in [2.45, 2.75) is 25.8 Å². The Morgan fingerprint density at radius 3 is 2.85 bits per heavy atom. The van der Waals surface area contributed by atoms with Gasteiger partial charge in [-0.25, -0.2) is 0 Å². The van der Waals surface area contributed by atoms with Gasteiger partial charge < -0.3 is 19.5 Å². The van der Waals surface area contributed by atoms with Crippen LogP contribution in [0.15, 0.2) is 18.2 Å². The third kappa shape index (κ3) is 3.87. The molecular formula is C15H21NO4. The van der Waals surface area contributed by atoms with Gasteiger partial charge in [0.15, 0.2) is 11.5 Å². The second-order valence-electron chi connectivity index (χ2n) is 4.87. The zero-order chi connectivity index (χ0) is 14.4. The molecule has 0 saturated carbocycles. The summed E-state index contributed by atoms with van der Waals surface area (Å²) in [6, 6.07) is 5.35. The monoisotopic (exact) mass is 279 g/mol. The van der Waals surface area contributed by atoms with Crippen molar-refractivity contribution in [1.82, 2.24) is 5.32 Å². The number of hydrogen-bond donors (Lipinski definition) is 1. The Morgan fingerprint density at radius 1 is 1.35 bits per heavy atom. The van der Waals surface area contributed by atoms with Crippen molar-refractivity contribution >= 4 is 5.91 Å². The summed E-state index contributed by atoms with van der Waals surface area (Å²) in [5.74, 6) is 1.23. The zero-order valence-electron chi connectivity index (χ0n) is 12.0. The Hall–Kier alpha value is -1.75. The summed E-state index contributed by atoms with van der Waals surface area (Å²) in [4.78, 5) is 12.1. The van der Waals surface area contributed by atoms with E-state index in [-0.39, 0.29) is 11.9 Å². The average molecular weight is 279 g/mol. The SMILES string of the molecule is COCC[C@H](C)NC(=O)c1ccc2c(c1)OCCCO2. The van der Waals surface area contributed by atoms with Crippen molar-refractivity contribution in [3.8, 4) is 11.5 Å². The van der Waals surface area contributed by atoms with E-state index in [0.29, 0.717) is 36.9 Å². The van der Waals surface area contributed by atoms with E-state index in [1.807, 2.05) is 6.92 Å². The van der Waals surface area contributed by atoms with Gasteiger partial charge in [0.1, 0.15) is 0 Å². The topological polar surface area (TPSA) is 56.8 Å². The molecule has 1 aliphatic rings. The van der Waals surface area contributed by atoms with Crippen LogP contribution in [-0.4, -0.2) is 38.9 Å². The van der Waals surface area contributed by atoms with Gasteiger partial charge in [0.05, 0.1) is 13.2 Å². The maximum atomic E-state index is 12.1. The van der Waals surface area contributed by atoms with Crippen LogP contribution in [-0.2, 0) is 4.74 Å². The average Bonchev–Trinajstić information content (AvgIpc) is 2.69. The summed E-state index contributed by atoms with van der Waals surface area (Å²) in [5.41, 5.74) is 0.582. The molecule has 0 radical (unpaired) electrons. The van der Waals surface area contributed by atoms with Gasteiger partial charge in [-0.2, -0.15) is 0 Å². The van der Waals surface area contributed by atoms with Crippen molar-refractivity contribution in [2.24, 2.45) is 0 Å². The van der Waals surface area contributed by atoms with Crippen LogP contribution < -0.4 is 14.8 Å². The lowest BCUT2D eigenvalue weighted by atomic mass is 10.1. The molecule has 1 amide bonds. The minimum absolute atomic E-state index is 0.0680. The quantitative estimate of drug-likeness (QED) is 0.895. The highest BCUT2D eigenvalue weighted by Gasteiger charge is 2.15. The highest BCUT2D eigenvalue weighted by molar-refractivity contribution is 5.95. The first kappa shape index (κ1) is 14.7. The van der Waals surface area contributed by atoms with E-state index in [9.17, 15) is 4.79 Å². The minimum Gasteiger partial charge on any atom is -0.490 e. The van der Waals surface area contributed by atoms with E-state index in [0.717, 1.165) is 12.8 Å². The number of carbonyl (C=O) groups excluding carboxylic acids is 1. The molecule has 5 heteroatoms. The lowest BCUT2D eigenvalue weighted by Crippen LogP contribution is -2.33. The predicted molar refractivity (Wildman–Crippen MR) is 75.5 cm³/mol. The molecule has 0 fully saturated rings. The van der Waals surface area contributed by atoms with Gasteiger partial charge in [-0.3, -0.25) is 4.79 Å². The maximum absolute atomic E-state index is 12.1. The summed E-state index contributed by atoms with van der Waals surface area (Å²) in [5, 5.41) is 2.94. The number of benzene rings is 1. The molecule has 5 nitrogen and oxygen atoms in total. The number of carbonyl (C=O) groups is 1. The third-order valence-corrected chi connectivity index (χ3v) is 3.14. The maximum Gasteiger partial charge on any atom is 0.251 e. The molecule has 1 atom stereocenters. The van der Waals surface area contributed by atoms with Crippen LogP contribution in [0.4, 0.5) is 0 Å². The van der Waals surface area contributed by atoms with E-state index in [4.69, 9.17) is 14.2 Å². The molecule has 1 N–H and O–H groups in total. The molecular weight excluding hydrogens is 258 g/mol. The number of ether oxygens (including phenoxy) is 3. The standard InChI is InChI=1S/C15H21NO4/c1-11(6-9-18-2)16-15(17)12-4-5-13-14(10-12)20-8-3-7-19-13/h4-5,10-11H,3,6-9H2,1-2H3,(H,16,17)/t11-/m0/s1. The summed E-state index contributed by atoms with van der Waals surface area (Å²) >= 11 is 0. The van der Waals surface area contributed by atoms with Crippen LogP contribution in [0.3, 0.4) is 0 Å². The lowest BCUT2D eigenvalue weighted by Gasteiger charge is -2.14. The Balaban J connectivity index is 2.01. The smallest absolute Gasteiger partial charge is 0.251 e. The van der Waals surface area contributed by atoms with Gasteiger partial charge in [-0.05, 0) is 31.5 Å². The van der Waals surface area contributed by atoms with Gasteiger partial charge in [-0.1, -0.05) is 0 Å². The largest absolute Gasteiger partial charge is 0.490 e. The Bertz CT molecular complexity index is 461. The molecule has 1 aromatic rings. The van der Waals surface area contributed by atoms with Crippen LogP contribution in [0.1, 0.15) is 30.1 Å². The van der Waals surface area contributed by atoms with Crippen molar-refractivity contribution < 1.29 is 19.0 Å². The normalized spacial score (nSPS) is 15.3. The van der Waals surface area contributed by atoms with Gasteiger partial charge in [0.25, 0.3) is 5.91 Å². The van der Waals surface area contributed by atoms with E-state index in [1.54, 1.807) is 25.3 Å². The van der Waals surface area contributed by atoms with E-state index < -0.39 is 0 Å². The Morgan fingerprint density at radius 2 is 2.10 bits per heavy atom. The van der Waals surface area contributed by atoms with Crippen LogP contribution in [0.5, 0.6) is 11.5 Å². The van der Waals surface area contributed by atoms with E-state index in [1.165, 1.54) is 0 Å². The number of rotatable bonds is 5. The molecule has 1 heterocycles. The second kappa shape index (κ2) is 7.14. The first-order valence-corrected chi connectivity index (χ1v) is 6.90. The number of hydrogen-bond acceptors (Lipinski definition) is 4. The molecule has 1 aromatic carbocycles. The van der Waals surface area contributed by atoms with E-state index in [2.05, 4.69) is 5.32 Å². The van der Waals surface area contributed by atoms with E-state index >= 15 is 0 Å². The molecule has 110 valence electrons. The molecule has 2 rings (SSSR count). The number of nitrogens with one attached hydrogen (secondary N) is 1. The number of amides is 1. The predicted octanol–water partition coefficient (Wildman–Crippen LogP) is 2.00. The van der Waals surface area contributed by atoms with Crippen LogP contribution in [0, 0.1) is 0 Å². The van der Waals surface area contributed by atoms with Crippen LogP contribution >= 0.6 is 0 Å². The fourth-order valence-electron chi connectivity index (χ4n) is 1.98. The first-order chi connectivity index (χ1) is 9.70. The lowest BCUT2D eigenvalue weighted by molar-refractivity contribution is 0.0929. The fraction of sp³-hybridized carbons (Fsp3) is 0.533. The molecule has 0 aromatic heterocycles. The van der Waals surface area contributed by atoms with Crippen LogP contribution in [0.2, 0.25) is 0 Å². The minimum atomic E-state index is -0.107.